The van der Waals surface area contributed by atoms with Crippen molar-refractivity contribution in [2.45, 2.75) is 32.7 Å². The molecule has 0 radical (unpaired) electrons. The minimum Gasteiger partial charge on any atom is -0.346 e. The van der Waals surface area contributed by atoms with Crippen LogP contribution in [0.15, 0.2) is 30.3 Å². The molecular weight excluding hydrogens is 276 g/mol. The molecule has 4 heteroatoms. The topological polar surface area (TPSA) is 40.6 Å². The van der Waals surface area contributed by atoms with E-state index in [1.54, 1.807) is 9.80 Å². The summed E-state index contributed by atoms with van der Waals surface area (Å²) < 4.78 is 0. The average Bonchev–Trinajstić information content (AvgIpc) is 3.32. The summed E-state index contributed by atoms with van der Waals surface area (Å²) in [6.45, 7) is 3.50. The van der Waals surface area contributed by atoms with Crippen LogP contribution < -0.4 is 0 Å². The number of hydrogen-bond donors (Lipinski definition) is 0. The third-order valence-electron chi connectivity index (χ3n) is 4.29. The Hall–Kier alpha value is -1.84. The van der Waals surface area contributed by atoms with Gasteiger partial charge in [0.2, 0.25) is 11.8 Å². The van der Waals surface area contributed by atoms with E-state index in [9.17, 15) is 9.59 Å². The summed E-state index contributed by atoms with van der Waals surface area (Å²) in [5.74, 6) is -0.0103. The first-order valence-electron chi connectivity index (χ1n) is 8.08. The van der Waals surface area contributed by atoms with E-state index in [0.717, 1.165) is 24.9 Å². The third kappa shape index (κ3) is 4.09. The first kappa shape index (κ1) is 16.5. The van der Waals surface area contributed by atoms with Crippen LogP contribution in [-0.4, -0.2) is 42.3 Å². The number of nitrogens with zero attached hydrogens (tertiary/aromatic N) is 2. The van der Waals surface area contributed by atoms with Gasteiger partial charge in [-0.3, -0.25) is 9.59 Å². The molecule has 1 saturated carbocycles. The predicted molar refractivity (Wildman–Crippen MR) is 87.1 cm³/mol. The second-order valence-electron chi connectivity index (χ2n) is 6.24. The molecule has 2 amide bonds. The van der Waals surface area contributed by atoms with E-state index < -0.39 is 0 Å². The lowest BCUT2D eigenvalue weighted by molar-refractivity contribution is -0.136. The molecule has 0 spiro atoms. The molecule has 0 N–H and O–H groups in total. The number of carbonyl (C=O) groups excluding carboxylic acids is 2. The lowest BCUT2D eigenvalue weighted by Crippen LogP contribution is -2.33. The van der Waals surface area contributed by atoms with Gasteiger partial charge in [-0.1, -0.05) is 43.7 Å². The molecule has 1 aromatic rings. The summed E-state index contributed by atoms with van der Waals surface area (Å²) in [5.41, 5.74) is 1.11. The molecule has 1 aromatic carbocycles. The standard InChI is InChI=1S/C18H26N2O2/c1-4-5-11-19(2)17(21)15-12-16(15)18(22)20(3)13-14-9-7-6-8-10-14/h6-10,15-16H,4-5,11-13H2,1-3H3. The largest absolute Gasteiger partial charge is 0.346 e. The van der Waals surface area contributed by atoms with E-state index in [4.69, 9.17) is 0 Å². The molecular formula is C18H26N2O2. The minimum atomic E-state index is -0.120. The maximum atomic E-state index is 12.4. The Labute approximate surface area is 133 Å². The van der Waals surface area contributed by atoms with Gasteiger partial charge < -0.3 is 9.80 Å². The number of amides is 2. The highest BCUT2D eigenvalue weighted by Gasteiger charge is 2.49. The predicted octanol–water partition coefficient (Wildman–Crippen LogP) is 2.54. The fraction of sp³-hybridized carbons (Fsp3) is 0.556. The lowest BCUT2D eigenvalue weighted by Gasteiger charge is -2.19. The van der Waals surface area contributed by atoms with Gasteiger partial charge in [0.15, 0.2) is 0 Å². The molecule has 1 fully saturated rings. The second-order valence-corrected chi connectivity index (χ2v) is 6.24. The fourth-order valence-corrected chi connectivity index (χ4v) is 2.75. The van der Waals surface area contributed by atoms with Gasteiger partial charge in [0.1, 0.15) is 0 Å². The highest BCUT2D eigenvalue weighted by Crippen LogP contribution is 2.41. The van der Waals surface area contributed by atoms with E-state index >= 15 is 0 Å². The fourth-order valence-electron chi connectivity index (χ4n) is 2.75. The first-order valence-corrected chi connectivity index (χ1v) is 8.08. The Morgan fingerprint density at radius 2 is 1.64 bits per heavy atom. The summed E-state index contributed by atoms with van der Waals surface area (Å²) in [4.78, 5) is 28.2. The van der Waals surface area contributed by atoms with Crippen LogP contribution in [0.5, 0.6) is 0 Å². The van der Waals surface area contributed by atoms with Crippen LogP contribution in [0, 0.1) is 11.8 Å². The monoisotopic (exact) mass is 302 g/mol. The normalized spacial score (nSPS) is 19.6. The number of hydrogen-bond acceptors (Lipinski definition) is 2. The van der Waals surface area contributed by atoms with Gasteiger partial charge in [-0.15, -0.1) is 0 Å². The maximum Gasteiger partial charge on any atom is 0.226 e. The van der Waals surface area contributed by atoms with E-state index in [0.29, 0.717) is 13.0 Å². The van der Waals surface area contributed by atoms with Crippen LogP contribution in [0.1, 0.15) is 31.7 Å². The SMILES string of the molecule is CCCCN(C)C(=O)C1CC1C(=O)N(C)Cc1ccccc1. The van der Waals surface area contributed by atoms with Crippen molar-refractivity contribution in [3.8, 4) is 0 Å². The summed E-state index contributed by atoms with van der Waals surface area (Å²) >= 11 is 0. The van der Waals surface area contributed by atoms with Crippen LogP contribution >= 0.6 is 0 Å². The summed E-state index contributed by atoms with van der Waals surface area (Å²) in [6, 6.07) is 9.93. The number of rotatable bonds is 7. The van der Waals surface area contributed by atoms with Gasteiger partial charge >= 0.3 is 0 Å². The Morgan fingerprint density at radius 1 is 1.05 bits per heavy atom. The van der Waals surface area contributed by atoms with Crippen molar-refractivity contribution in [2.24, 2.45) is 11.8 Å². The molecule has 0 aromatic heterocycles. The molecule has 0 heterocycles. The van der Waals surface area contributed by atoms with Gasteiger partial charge in [-0.05, 0) is 18.4 Å². The van der Waals surface area contributed by atoms with Crippen molar-refractivity contribution in [3.05, 3.63) is 35.9 Å². The van der Waals surface area contributed by atoms with Gasteiger partial charge in [-0.25, -0.2) is 0 Å². The zero-order valence-electron chi connectivity index (χ0n) is 13.8. The van der Waals surface area contributed by atoms with Crippen molar-refractivity contribution < 1.29 is 9.59 Å². The first-order chi connectivity index (χ1) is 10.5. The molecule has 22 heavy (non-hydrogen) atoms. The Morgan fingerprint density at radius 3 is 2.23 bits per heavy atom. The van der Waals surface area contributed by atoms with Crippen LogP contribution in [0.3, 0.4) is 0 Å². The number of benzene rings is 1. The molecule has 0 saturated heterocycles. The maximum absolute atomic E-state index is 12.4. The Balaban J connectivity index is 1.83. The second kappa shape index (κ2) is 7.43. The molecule has 2 unspecified atom stereocenters. The van der Waals surface area contributed by atoms with E-state index in [1.807, 2.05) is 44.4 Å². The van der Waals surface area contributed by atoms with E-state index in [1.165, 1.54) is 0 Å². The zero-order chi connectivity index (χ0) is 16.1. The minimum absolute atomic E-state index is 0.0890. The van der Waals surface area contributed by atoms with Crippen molar-refractivity contribution in [3.63, 3.8) is 0 Å². The van der Waals surface area contributed by atoms with Gasteiger partial charge in [0.25, 0.3) is 0 Å². The van der Waals surface area contributed by atoms with Crippen molar-refractivity contribution in [1.82, 2.24) is 9.80 Å². The van der Waals surface area contributed by atoms with E-state index in [2.05, 4.69) is 6.92 Å². The highest BCUT2D eigenvalue weighted by molar-refractivity contribution is 5.92. The quantitative estimate of drug-likeness (QED) is 0.776. The summed E-state index contributed by atoms with van der Waals surface area (Å²) in [6.07, 6.45) is 2.79. The van der Waals surface area contributed by atoms with Gasteiger partial charge in [0, 0.05) is 27.2 Å². The molecule has 1 aliphatic carbocycles. The zero-order valence-corrected chi connectivity index (χ0v) is 13.8. The lowest BCUT2D eigenvalue weighted by atomic mass is 10.2. The van der Waals surface area contributed by atoms with Crippen molar-refractivity contribution >= 4 is 11.8 Å². The smallest absolute Gasteiger partial charge is 0.226 e. The molecule has 1 aliphatic rings. The average molecular weight is 302 g/mol. The molecule has 120 valence electrons. The van der Waals surface area contributed by atoms with Crippen molar-refractivity contribution in [1.29, 1.82) is 0 Å². The number of carbonyl (C=O) groups is 2. The Kier molecular flexibility index (Phi) is 5.58. The Bertz CT molecular complexity index is 515. The number of unbranched alkanes of at least 4 members (excludes halogenated alkanes) is 1. The van der Waals surface area contributed by atoms with Gasteiger partial charge in [-0.2, -0.15) is 0 Å². The van der Waals surface area contributed by atoms with E-state index in [-0.39, 0.29) is 23.7 Å². The summed E-state index contributed by atoms with van der Waals surface area (Å²) in [7, 11) is 3.65. The molecule has 0 aliphatic heterocycles. The highest BCUT2D eigenvalue weighted by atomic mass is 16.2. The van der Waals surface area contributed by atoms with Crippen molar-refractivity contribution in [2.75, 3.05) is 20.6 Å². The van der Waals surface area contributed by atoms with Crippen LogP contribution in [0.4, 0.5) is 0 Å². The third-order valence-corrected chi connectivity index (χ3v) is 4.29. The van der Waals surface area contributed by atoms with Gasteiger partial charge in [0.05, 0.1) is 11.8 Å². The summed E-state index contributed by atoms with van der Waals surface area (Å²) in [5, 5.41) is 0. The molecule has 4 nitrogen and oxygen atoms in total. The van der Waals surface area contributed by atoms with Crippen LogP contribution in [0.2, 0.25) is 0 Å². The van der Waals surface area contributed by atoms with Crippen LogP contribution in [-0.2, 0) is 16.1 Å². The van der Waals surface area contributed by atoms with Crippen LogP contribution in [0.25, 0.3) is 0 Å². The molecule has 2 rings (SSSR count). The molecule has 2 atom stereocenters. The molecule has 0 bridgehead atoms.